The van der Waals surface area contributed by atoms with Gasteiger partial charge < -0.3 is 10.4 Å². The van der Waals surface area contributed by atoms with Crippen LogP contribution in [0.5, 0.6) is 5.75 Å². The van der Waals surface area contributed by atoms with E-state index < -0.39 is 0 Å². The number of carbonyl (C=O) groups is 1. The maximum Gasteiger partial charge on any atom is 0.251 e. The molecule has 1 aromatic rings. The minimum absolute atomic E-state index is 0.00953. The quantitative estimate of drug-likeness (QED) is 0.797. The molecule has 20 heavy (non-hydrogen) atoms. The highest BCUT2D eigenvalue weighted by molar-refractivity contribution is 9.09. The van der Waals surface area contributed by atoms with Crippen molar-refractivity contribution in [2.75, 3.05) is 5.33 Å². The summed E-state index contributed by atoms with van der Waals surface area (Å²) in [6.45, 7) is 2.22. The second-order valence-corrected chi connectivity index (χ2v) is 6.70. The molecule has 1 aromatic carbocycles. The first-order chi connectivity index (χ1) is 9.46. The number of halogens is 2. The predicted molar refractivity (Wildman–Crippen MR) is 84.7 cm³/mol. The van der Waals surface area contributed by atoms with E-state index in [9.17, 15) is 9.90 Å². The molecule has 1 fully saturated rings. The zero-order valence-electron chi connectivity index (χ0n) is 11.5. The minimum Gasteiger partial charge on any atom is -0.506 e. The Balaban J connectivity index is 2.14. The predicted octanol–water partition coefficient (Wildman–Crippen LogP) is 4.12. The van der Waals surface area contributed by atoms with Gasteiger partial charge in [-0.15, -0.1) is 0 Å². The van der Waals surface area contributed by atoms with Crippen LogP contribution in [0.25, 0.3) is 0 Å². The Bertz CT molecular complexity index is 509. The topological polar surface area (TPSA) is 49.3 Å². The Morgan fingerprint density at radius 3 is 2.95 bits per heavy atom. The molecule has 5 heteroatoms. The smallest absolute Gasteiger partial charge is 0.251 e. The third kappa shape index (κ3) is 3.47. The van der Waals surface area contributed by atoms with E-state index in [1.165, 1.54) is 18.6 Å². The Labute approximate surface area is 132 Å². The van der Waals surface area contributed by atoms with Crippen LogP contribution in [-0.4, -0.2) is 21.9 Å². The summed E-state index contributed by atoms with van der Waals surface area (Å²) in [4.78, 5) is 12.4. The molecule has 0 aromatic heterocycles. The number of rotatable bonds is 3. The third-order valence-corrected chi connectivity index (χ3v) is 5.31. The van der Waals surface area contributed by atoms with E-state index in [1.54, 1.807) is 6.07 Å². The number of carbonyl (C=O) groups excluding carboxylic acids is 1. The number of phenolic OH excluding ortho intramolecular Hbond substituents is 1. The van der Waals surface area contributed by atoms with Gasteiger partial charge in [-0.25, -0.2) is 0 Å². The van der Waals surface area contributed by atoms with Crippen LogP contribution in [0.1, 0.15) is 43.0 Å². The van der Waals surface area contributed by atoms with Gasteiger partial charge in [0.05, 0.1) is 10.6 Å². The van der Waals surface area contributed by atoms with E-state index in [-0.39, 0.29) is 22.2 Å². The number of hydrogen-bond acceptors (Lipinski definition) is 2. The molecule has 0 saturated heterocycles. The van der Waals surface area contributed by atoms with Crippen LogP contribution < -0.4 is 5.32 Å². The molecule has 2 unspecified atom stereocenters. The summed E-state index contributed by atoms with van der Waals surface area (Å²) < 4.78 is 0. The zero-order valence-corrected chi connectivity index (χ0v) is 13.8. The van der Waals surface area contributed by atoms with Gasteiger partial charge in [0.2, 0.25) is 0 Å². The van der Waals surface area contributed by atoms with Crippen LogP contribution in [0, 0.1) is 5.92 Å². The number of aromatic hydroxyl groups is 1. The number of alkyl halides is 1. The van der Waals surface area contributed by atoms with Crippen molar-refractivity contribution in [1.82, 2.24) is 5.32 Å². The number of phenols is 1. The van der Waals surface area contributed by atoms with Crippen LogP contribution in [0.2, 0.25) is 5.02 Å². The maximum absolute atomic E-state index is 12.4. The van der Waals surface area contributed by atoms with Gasteiger partial charge >= 0.3 is 0 Å². The lowest BCUT2D eigenvalue weighted by Gasteiger charge is -2.39. The number of hydrogen-bond donors (Lipinski definition) is 2. The first-order valence-corrected chi connectivity index (χ1v) is 8.33. The van der Waals surface area contributed by atoms with Gasteiger partial charge in [0.25, 0.3) is 5.91 Å². The number of amides is 1. The summed E-state index contributed by atoms with van der Waals surface area (Å²) in [5.74, 6) is 0.468. The molecule has 2 N–H and O–H groups in total. The van der Waals surface area contributed by atoms with Gasteiger partial charge in [-0.2, -0.15) is 0 Å². The van der Waals surface area contributed by atoms with Crippen molar-refractivity contribution in [1.29, 1.82) is 0 Å². The molecule has 0 heterocycles. The van der Waals surface area contributed by atoms with E-state index in [2.05, 4.69) is 28.2 Å². The zero-order chi connectivity index (χ0) is 14.8. The summed E-state index contributed by atoms with van der Waals surface area (Å²) in [7, 11) is 0. The molecule has 1 saturated carbocycles. The van der Waals surface area contributed by atoms with Crippen LogP contribution in [0.3, 0.4) is 0 Å². The fraction of sp³-hybridized carbons (Fsp3) is 0.533. The van der Waals surface area contributed by atoms with Crippen molar-refractivity contribution in [3.05, 3.63) is 28.8 Å². The molecule has 2 atom stereocenters. The molecule has 1 amide bonds. The summed E-state index contributed by atoms with van der Waals surface area (Å²) in [6.07, 6.45) is 4.31. The van der Waals surface area contributed by atoms with Gasteiger partial charge in [0.1, 0.15) is 5.75 Å². The highest BCUT2D eigenvalue weighted by Gasteiger charge is 2.35. The lowest BCUT2D eigenvalue weighted by molar-refractivity contribution is 0.0869. The largest absolute Gasteiger partial charge is 0.506 e. The van der Waals surface area contributed by atoms with E-state index in [1.807, 2.05) is 0 Å². The van der Waals surface area contributed by atoms with Crippen molar-refractivity contribution in [2.45, 2.75) is 38.1 Å². The van der Waals surface area contributed by atoms with Crippen molar-refractivity contribution in [3.63, 3.8) is 0 Å². The average molecular weight is 361 g/mol. The Morgan fingerprint density at radius 2 is 2.35 bits per heavy atom. The average Bonchev–Trinajstić information content (AvgIpc) is 2.41. The van der Waals surface area contributed by atoms with E-state index >= 15 is 0 Å². The van der Waals surface area contributed by atoms with Crippen molar-refractivity contribution in [3.8, 4) is 5.75 Å². The third-order valence-electron chi connectivity index (χ3n) is 3.94. The first-order valence-electron chi connectivity index (χ1n) is 6.83. The van der Waals surface area contributed by atoms with Crippen molar-refractivity contribution < 1.29 is 9.90 Å². The highest BCUT2D eigenvalue weighted by Crippen LogP contribution is 2.34. The van der Waals surface area contributed by atoms with Crippen molar-refractivity contribution in [2.24, 2.45) is 5.92 Å². The lowest BCUT2D eigenvalue weighted by Crippen LogP contribution is -2.52. The summed E-state index contributed by atoms with van der Waals surface area (Å²) in [5, 5.41) is 13.5. The molecule has 2 rings (SSSR count). The molecule has 1 aliphatic rings. The van der Waals surface area contributed by atoms with Gasteiger partial charge in [0, 0.05) is 10.9 Å². The second kappa shape index (κ2) is 6.35. The van der Waals surface area contributed by atoms with E-state index in [4.69, 9.17) is 11.6 Å². The Hall–Kier alpha value is -0.740. The Morgan fingerprint density at radius 1 is 1.60 bits per heavy atom. The van der Waals surface area contributed by atoms with Crippen LogP contribution in [0.15, 0.2) is 18.2 Å². The van der Waals surface area contributed by atoms with Crippen molar-refractivity contribution >= 4 is 33.4 Å². The van der Waals surface area contributed by atoms with Crippen LogP contribution in [-0.2, 0) is 0 Å². The summed E-state index contributed by atoms with van der Waals surface area (Å²) in [6, 6.07) is 4.53. The first kappa shape index (κ1) is 15.6. The summed E-state index contributed by atoms with van der Waals surface area (Å²) in [5.41, 5.74) is 0.297. The molecule has 0 radical (unpaired) electrons. The fourth-order valence-corrected chi connectivity index (χ4v) is 3.72. The second-order valence-electron chi connectivity index (χ2n) is 5.74. The fourth-order valence-electron chi connectivity index (χ4n) is 2.89. The molecular formula is C15H19BrClNO2. The normalized spacial score (nSPS) is 26.2. The SMILES string of the molecule is CC1CCCC(CBr)(NC(=O)c2ccc(O)c(Cl)c2)C1. The monoisotopic (exact) mass is 359 g/mol. The number of nitrogens with one attached hydrogen (secondary N) is 1. The van der Waals surface area contributed by atoms with Gasteiger partial charge in [-0.1, -0.05) is 47.3 Å². The highest BCUT2D eigenvalue weighted by atomic mass is 79.9. The molecule has 0 aliphatic heterocycles. The van der Waals surface area contributed by atoms with Gasteiger partial charge in [-0.05, 0) is 37.0 Å². The summed E-state index contributed by atoms with van der Waals surface area (Å²) >= 11 is 9.40. The molecule has 0 bridgehead atoms. The van der Waals surface area contributed by atoms with E-state index in [0.717, 1.165) is 24.6 Å². The Kier molecular flexibility index (Phi) is 4.97. The minimum atomic E-state index is -0.181. The maximum atomic E-state index is 12.4. The van der Waals surface area contributed by atoms with E-state index in [0.29, 0.717) is 11.5 Å². The molecule has 1 aliphatic carbocycles. The van der Waals surface area contributed by atoms with Crippen LogP contribution >= 0.6 is 27.5 Å². The van der Waals surface area contributed by atoms with Gasteiger partial charge in [0.15, 0.2) is 0 Å². The lowest BCUT2D eigenvalue weighted by atomic mass is 9.77. The molecular weight excluding hydrogens is 342 g/mol. The van der Waals surface area contributed by atoms with Crippen LogP contribution in [0.4, 0.5) is 0 Å². The molecule has 110 valence electrons. The molecule has 3 nitrogen and oxygen atoms in total. The molecule has 0 spiro atoms. The standard InChI is InChI=1S/C15H19BrClNO2/c1-10-3-2-6-15(8-10,9-16)18-14(20)11-4-5-13(19)12(17)7-11/h4-5,7,10,19H,2-3,6,8-9H2,1H3,(H,18,20). The van der Waals surface area contributed by atoms with Gasteiger partial charge in [-0.3, -0.25) is 4.79 Å². The number of benzene rings is 1.